The molecule has 25 heavy (non-hydrogen) atoms. The average Bonchev–Trinajstić information content (AvgIpc) is 2.93. The fourth-order valence-electron chi connectivity index (χ4n) is 2.50. The van der Waals surface area contributed by atoms with E-state index in [4.69, 9.17) is 10.5 Å². The molecule has 3 aromatic rings. The van der Waals surface area contributed by atoms with Crippen LogP contribution in [0.5, 0.6) is 5.75 Å². The van der Waals surface area contributed by atoms with E-state index >= 15 is 0 Å². The molecular formula is C17H21BrN6O. The van der Waals surface area contributed by atoms with Gasteiger partial charge in [0, 0.05) is 6.54 Å². The standard InChI is InChI=1S/C17H21BrN6O/c1-3-4-9-20-17-22-14(19)13-15(23-17)24(16(18)21-13)10-11-5-7-12(25-2)8-6-11/h5-8H,3-4,9-10H2,1-2H3,(H3,19,20,22,23). The second-order valence-electron chi connectivity index (χ2n) is 5.70. The van der Waals surface area contributed by atoms with Gasteiger partial charge in [0.1, 0.15) is 5.75 Å². The van der Waals surface area contributed by atoms with Crippen LogP contribution in [0.2, 0.25) is 0 Å². The van der Waals surface area contributed by atoms with Gasteiger partial charge in [0.05, 0.1) is 13.7 Å². The van der Waals surface area contributed by atoms with E-state index in [9.17, 15) is 0 Å². The number of aromatic nitrogens is 4. The second-order valence-corrected chi connectivity index (χ2v) is 6.41. The number of hydrogen-bond donors (Lipinski definition) is 2. The molecule has 1 aromatic carbocycles. The zero-order valence-corrected chi connectivity index (χ0v) is 15.9. The largest absolute Gasteiger partial charge is 0.497 e. The van der Waals surface area contributed by atoms with E-state index in [0.717, 1.165) is 30.7 Å². The van der Waals surface area contributed by atoms with Crippen molar-refractivity contribution in [3.8, 4) is 5.75 Å². The van der Waals surface area contributed by atoms with Gasteiger partial charge in [0.2, 0.25) is 5.95 Å². The molecule has 7 nitrogen and oxygen atoms in total. The van der Waals surface area contributed by atoms with Gasteiger partial charge < -0.3 is 15.8 Å². The van der Waals surface area contributed by atoms with Gasteiger partial charge >= 0.3 is 0 Å². The molecule has 0 aliphatic rings. The number of nitrogen functional groups attached to an aromatic ring is 1. The third kappa shape index (κ3) is 3.84. The first-order valence-electron chi connectivity index (χ1n) is 8.18. The molecule has 0 saturated heterocycles. The Hall–Kier alpha value is -2.35. The topological polar surface area (TPSA) is 90.9 Å². The van der Waals surface area contributed by atoms with Gasteiger partial charge in [0.25, 0.3) is 0 Å². The Kier molecular flexibility index (Phi) is 5.37. The van der Waals surface area contributed by atoms with Gasteiger partial charge in [-0.15, -0.1) is 0 Å². The van der Waals surface area contributed by atoms with Crippen molar-refractivity contribution in [2.24, 2.45) is 0 Å². The lowest BCUT2D eigenvalue weighted by atomic mass is 10.2. The number of methoxy groups -OCH3 is 1. The maximum Gasteiger partial charge on any atom is 0.226 e. The van der Waals surface area contributed by atoms with Crippen LogP contribution in [0.1, 0.15) is 25.3 Å². The van der Waals surface area contributed by atoms with Crippen LogP contribution >= 0.6 is 15.9 Å². The number of halogens is 1. The molecule has 3 N–H and O–H groups in total. The molecule has 0 radical (unpaired) electrons. The molecule has 0 atom stereocenters. The Morgan fingerprint density at radius 3 is 2.64 bits per heavy atom. The van der Waals surface area contributed by atoms with E-state index in [1.54, 1.807) is 7.11 Å². The Bertz CT molecular complexity index is 862. The van der Waals surface area contributed by atoms with Crippen molar-refractivity contribution in [2.45, 2.75) is 26.3 Å². The van der Waals surface area contributed by atoms with Crippen LogP contribution in [0.15, 0.2) is 29.0 Å². The molecule has 0 aliphatic carbocycles. The molecule has 0 amide bonds. The van der Waals surface area contributed by atoms with Crippen LogP contribution < -0.4 is 15.8 Å². The van der Waals surface area contributed by atoms with Crippen LogP contribution in [-0.4, -0.2) is 33.2 Å². The summed E-state index contributed by atoms with van der Waals surface area (Å²) in [6.07, 6.45) is 2.15. The molecule has 0 aliphatic heterocycles. The van der Waals surface area contributed by atoms with Crippen LogP contribution in [0, 0.1) is 0 Å². The number of nitrogens with two attached hydrogens (primary N) is 1. The van der Waals surface area contributed by atoms with Gasteiger partial charge in [-0.1, -0.05) is 25.5 Å². The third-order valence-electron chi connectivity index (χ3n) is 3.89. The zero-order chi connectivity index (χ0) is 17.8. The lowest BCUT2D eigenvalue weighted by molar-refractivity contribution is 0.414. The number of unbranched alkanes of at least 4 members (excludes halogenated alkanes) is 1. The van der Waals surface area contributed by atoms with Crippen LogP contribution in [-0.2, 0) is 6.54 Å². The molecule has 132 valence electrons. The molecule has 0 fully saturated rings. The molecule has 0 spiro atoms. The summed E-state index contributed by atoms with van der Waals surface area (Å²) in [6, 6.07) is 7.90. The van der Waals surface area contributed by atoms with E-state index < -0.39 is 0 Å². The number of fused-ring (bicyclic) bond motifs is 1. The first kappa shape index (κ1) is 17.5. The summed E-state index contributed by atoms with van der Waals surface area (Å²) in [5.41, 5.74) is 8.48. The second kappa shape index (κ2) is 7.69. The Labute approximate surface area is 154 Å². The molecule has 2 heterocycles. The number of nitrogens with one attached hydrogen (secondary N) is 1. The van der Waals surface area contributed by atoms with E-state index in [2.05, 4.69) is 43.1 Å². The first-order chi connectivity index (χ1) is 12.1. The SMILES string of the molecule is CCCCNc1nc(N)c2nc(Br)n(Cc3ccc(OC)cc3)c2n1. The molecular weight excluding hydrogens is 384 g/mol. The third-order valence-corrected chi connectivity index (χ3v) is 4.49. The molecule has 8 heteroatoms. The number of hydrogen-bond acceptors (Lipinski definition) is 6. The van der Waals surface area contributed by atoms with Crippen molar-refractivity contribution in [2.75, 3.05) is 24.7 Å². The summed E-state index contributed by atoms with van der Waals surface area (Å²) in [4.78, 5) is 13.4. The molecule has 0 bridgehead atoms. The van der Waals surface area contributed by atoms with E-state index in [1.165, 1.54) is 0 Å². The lowest BCUT2D eigenvalue weighted by Crippen LogP contribution is -2.08. The monoisotopic (exact) mass is 404 g/mol. The number of imidazole rings is 1. The summed E-state index contributed by atoms with van der Waals surface area (Å²) >= 11 is 3.50. The predicted octanol–water partition coefficient (Wildman–Crippen LogP) is 3.44. The van der Waals surface area contributed by atoms with E-state index in [-0.39, 0.29) is 0 Å². The van der Waals surface area contributed by atoms with Crippen molar-refractivity contribution in [3.05, 3.63) is 34.6 Å². The molecule has 3 rings (SSSR count). The van der Waals surface area contributed by atoms with Crippen molar-refractivity contribution in [1.29, 1.82) is 0 Å². The normalized spacial score (nSPS) is 11.0. The number of ether oxygens (including phenoxy) is 1. The van der Waals surface area contributed by atoms with Crippen LogP contribution in [0.25, 0.3) is 11.2 Å². The fourth-order valence-corrected chi connectivity index (χ4v) is 2.98. The molecule has 0 saturated carbocycles. The van der Waals surface area contributed by atoms with Gasteiger partial charge in [-0.3, -0.25) is 4.57 Å². The molecule has 0 unspecified atom stereocenters. The smallest absolute Gasteiger partial charge is 0.226 e. The quantitative estimate of drug-likeness (QED) is 0.462. The Morgan fingerprint density at radius 1 is 1.20 bits per heavy atom. The van der Waals surface area contributed by atoms with Gasteiger partial charge in [-0.25, -0.2) is 4.98 Å². The zero-order valence-electron chi connectivity index (χ0n) is 14.3. The minimum absolute atomic E-state index is 0.373. The highest BCUT2D eigenvalue weighted by Gasteiger charge is 2.15. The van der Waals surface area contributed by atoms with Crippen molar-refractivity contribution >= 4 is 38.9 Å². The maximum atomic E-state index is 6.07. The molecule has 2 aromatic heterocycles. The predicted molar refractivity (Wildman–Crippen MR) is 103 cm³/mol. The number of benzene rings is 1. The summed E-state index contributed by atoms with van der Waals surface area (Å²) < 4.78 is 7.85. The average molecular weight is 405 g/mol. The summed E-state index contributed by atoms with van der Waals surface area (Å²) in [5.74, 6) is 1.73. The highest BCUT2D eigenvalue weighted by molar-refractivity contribution is 9.10. The van der Waals surface area contributed by atoms with Gasteiger partial charge in [-0.2, -0.15) is 9.97 Å². The summed E-state index contributed by atoms with van der Waals surface area (Å²) in [6.45, 7) is 3.57. The highest BCUT2D eigenvalue weighted by atomic mass is 79.9. The van der Waals surface area contributed by atoms with E-state index in [1.807, 2.05) is 28.8 Å². The first-order valence-corrected chi connectivity index (χ1v) is 8.97. The van der Waals surface area contributed by atoms with E-state index in [0.29, 0.717) is 34.2 Å². The fraction of sp³-hybridized carbons (Fsp3) is 0.353. The number of nitrogens with zero attached hydrogens (tertiary/aromatic N) is 4. The Balaban J connectivity index is 1.94. The summed E-state index contributed by atoms with van der Waals surface area (Å²) in [7, 11) is 1.65. The van der Waals surface area contributed by atoms with Crippen molar-refractivity contribution < 1.29 is 4.74 Å². The Morgan fingerprint density at radius 2 is 1.96 bits per heavy atom. The lowest BCUT2D eigenvalue weighted by Gasteiger charge is -2.09. The highest BCUT2D eigenvalue weighted by Crippen LogP contribution is 2.25. The minimum atomic E-state index is 0.373. The summed E-state index contributed by atoms with van der Waals surface area (Å²) in [5, 5.41) is 3.22. The number of rotatable bonds is 7. The minimum Gasteiger partial charge on any atom is -0.497 e. The maximum absolute atomic E-state index is 6.07. The van der Waals surface area contributed by atoms with Crippen LogP contribution in [0.4, 0.5) is 11.8 Å². The van der Waals surface area contributed by atoms with Crippen molar-refractivity contribution in [1.82, 2.24) is 19.5 Å². The van der Waals surface area contributed by atoms with Gasteiger partial charge in [0.15, 0.2) is 21.7 Å². The van der Waals surface area contributed by atoms with Crippen LogP contribution in [0.3, 0.4) is 0 Å². The number of anilines is 2. The van der Waals surface area contributed by atoms with Crippen molar-refractivity contribution in [3.63, 3.8) is 0 Å². The van der Waals surface area contributed by atoms with Gasteiger partial charge in [-0.05, 0) is 40.0 Å².